The maximum absolute atomic E-state index is 10.8. The van der Waals surface area contributed by atoms with E-state index in [-0.39, 0.29) is 12.8 Å². The van der Waals surface area contributed by atoms with Gasteiger partial charge in [0.05, 0.1) is 24.7 Å². The summed E-state index contributed by atoms with van der Waals surface area (Å²) in [5, 5.41) is 42.3. The van der Waals surface area contributed by atoms with Crippen LogP contribution in [0.25, 0.3) is 0 Å². The molecule has 10 heteroatoms. The first-order chi connectivity index (χ1) is 11.5. The highest BCUT2D eigenvalue weighted by atomic mass is 16.4. The van der Waals surface area contributed by atoms with E-state index in [1.165, 1.54) is 0 Å². The minimum absolute atomic E-state index is 0.126. The number of rotatable bonds is 12. The van der Waals surface area contributed by atoms with Gasteiger partial charge >= 0.3 is 29.8 Å². The molecule has 2 atom stereocenters. The average Bonchev–Trinajstić information content (AvgIpc) is 2.48. The van der Waals surface area contributed by atoms with Crippen molar-refractivity contribution in [2.24, 2.45) is 11.8 Å². The molecule has 0 amide bonds. The highest BCUT2D eigenvalue weighted by Crippen LogP contribution is 2.18. The lowest BCUT2D eigenvalue weighted by atomic mass is 9.94. The minimum Gasteiger partial charge on any atom is -0.481 e. The van der Waals surface area contributed by atoms with Crippen LogP contribution in [0.3, 0.4) is 0 Å². The van der Waals surface area contributed by atoms with Gasteiger partial charge in [0.25, 0.3) is 0 Å². The van der Waals surface area contributed by atoms with Crippen molar-refractivity contribution in [3.8, 4) is 0 Å². The monoisotopic (exact) mass is 362 g/mol. The average molecular weight is 362 g/mol. The van der Waals surface area contributed by atoms with E-state index in [4.69, 9.17) is 25.5 Å². The van der Waals surface area contributed by atoms with Crippen molar-refractivity contribution in [2.45, 2.75) is 38.5 Å². The number of carbonyl (C=O) groups is 5. The second-order valence-corrected chi connectivity index (χ2v) is 5.09. The standard InChI is InChI=1S/C12H18O8.C3H4O2/c13-9(14)5-7(11(17)18)3-1-2-4-8(12(19)20)6-10(15)16;1-2-3(4)5/h7-8H,1-6H2,(H,13,14)(H,15,16)(H,17,18)(H,19,20);2H,1H2,(H,4,5). The second-order valence-electron chi connectivity index (χ2n) is 5.09. The van der Waals surface area contributed by atoms with Crippen LogP contribution in [0, 0.1) is 11.8 Å². The van der Waals surface area contributed by atoms with Crippen LogP contribution in [0.15, 0.2) is 12.7 Å². The Bertz CT molecular complexity index is 461. The van der Waals surface area contributed by atoms with Crippen molar-refractivity contribution in [3.05, 3.63) is 12.7 Å². The number of hydrogen-bond donors (Lipinski definition) is 5. The lowest BCUT2D eigenvalue weighted by Gasteiger charge is -2.12. The lowest BCUT2D eigenvalue weighted by Crippen LogP contribution is -2.19. The Morgan fingerprint density at radius 1 is 0.720 bits per heavy atom. The van der Waals surface area contributed by atoms with Crippen LogP contribution < -0.4 is 0 Å². The van der Waals surface area contributed by atoms with Gasteiger partial charge < -0.3 is 25.5 Å². The van der Waals surface area contributed by atoms with E-state index in [1.807, 2.05) is 0 Å². The molecule has 5 N–H and O–H groups in total. The highest BCUT2D eigenvalue weighted by Gasteiger charge is 2.23. The Labute approximate surface area is 143 Å². The molecule has 0 aliphatic heterocycles. The van der Waals surface area contributed by atoms with Crippen molar-refractivity contribution >= 4 is 29.8 Å². The van der Waals surface area contributed by atoms with Crippen molar-refractivity contribution in [3.63, 3.8) is 0 Å². The Kier molecular flexibility index (Phi) is 13.2. The summed E-state index contributed by atoms with van der Waals surface area (Å²) >= 11 is 0. The van der Waals surface area contributed by atoms with E-state index in [9.17, 15) is 24.0 Å². The molecule has 25 heavy (non-hydrogen) atoms. The minimum atomic E-state index is -1.20. The molecule has 0 aliphatic rings. The van der Waals surface area contributed by atoms with E-state index >= 15 is 0 Å². The van der Waals surface area contributed by atoms with E-state index in [1.54, 1.807) is 0 Å². The number of carboxylic acid groups (broad SMARTS) is 5. The summed E-state index contributed by atoms with van der Waals surface area (Å²) in [6.07, 6.45) is 0.809. The Balaban J connectivity index is 0. The molecule has 0 fully saturated rings. The van der Waals surface area contributed by atoms with Crippen LogP contribution in [0.1, 0.15) is 38.5 Å². The van der Waals surface area contributed by atoms with Gasteiger partial charge in [0, 0.05) is 6.08 Å². The van der Waals surface area contributed by atoms with E-state index in [2.05, 4.69) is 6.58 Å². The summed E-state index contributed by atoms with van der Waals surface area (Å²) in [6, 6.07) is 0. The number of aliphatic carboxylic acids is 5. The van der Waals surface area contributed by atoms with Crippen LogP contribution in [0.5, 0.6) is 0 Å². The first-order valence-electron chi connectivity index (χ1n) is 7.25. The molecule has 0 aromatic rings. The molecular weight excluding hydrogens is 340 g/mol. The van der Waals surface area contributed by atoms with Gasteiger partial charge in [-0.3, -0.25) is 19.2 Å². The fourth-order valence-electron chi connectivity index (χ4n) is 1.83. The zero-order chi connectivity index (χ0) is 20.0. The summed E-state index contributed by atoms with van der Waals surface area (Å²) in [6.45, 7) is 2.96. The summed E-state index contributed by atoms with van der Waals surface area (Å²) in [5.41, 5.74) is 0. The van der Waals surface area contributed by atoms with Gasteiger partial charge in [-0.05, 0) is 12.8 Å². The first-order valence-corrected chi connectivity index (χ1v) is 7.25. The summed E-state index contributed by atoms with van der Waals surface area (Å²) < 4.78 is 0. The molecule has 0 saturated heterocycles. The molecule has 0 spiro atoms. The fraction of sp³-hybridized carbons (Fsp3) is 0.533. The first kappa shape index (κ1) is 24.3. The van der Waals surface area contributed by atoms with Gasteiger partial charge in [0.1, 0.15) is 0 Å². The largest absolute Gasteiger partial charge is 0.481 e. The van der Waals surface area contributed by atoms with Crippen LogP contribution in [-0.2, 0) is 24.0 Å². The predicted molar refractivity (Wildman–Crippen MR) is 83.1 cm³/mol. The molecule has 0 rings (SSSR count). The summed E-state index contributed by atoms with van der Waals surface area (Å²) in [7, 11) is 0. The summed E-state index contributed by atoms with van der Waals surface area (Å²) in [4.78, 5) is 51.7. The predicted octanol–water partition coefficient (Wildman–Crippen LogP) is 1.15. The van der Waals surface area contributed by atoms with E-state index in [0.717, 1.165) is 6.08 Å². The zero-order valence-corrected chi connectivity index (χ0v) is 13.5. The van der Waals surface area contributed by atoms with Crippen molar-refractivity contribution in [2.75, 3.05) is 0 Å². The van der Waals surface area contributed by atoms with Gasteiger partial charge in [-0.15, -0.1) is 0 Å². The van der Waals surface area contributed by atoms with Crippen LogP contribution in [0.2, 0.25) is 0 Å². The van der Waals surface area contributed by atoms with Crippen molar-refractivity contribution in [1.29, 1.82) is 0 Å². The normalized spacial score (nSPS) is 12.0. The van der Waals surface area contributed by atoms with E-state index in [0.29, 0.717) is 12.8 Å². The highest BCUT2D eigenvalue weighted by molar-refractivity contribution is 5.79. The molecule has 0 aromatic carbocycles. The second kappa shape index (κ2) is 13.5. The SMILES string of the molecule is C=CC(=O)O.O=C(O)CC(CCCCC(CC(=O)O)C(=O)O)C(=O)O. The number of unbranched alkanes of at least 4 members (excludes halogenated alkanes) is 1. The third-order valence-corrected chi connectivity index (χ3v) is 3.07. The molecule has 0 saturated carbocycles. The zero-order valence-electron chi connectivity index (χ0n) is 13.5. The number of carboxylic acids is 5. The Hall–Kier alpha value is -2.91. The van der Waals surface area contributed by atoms with Crippen molar-refractivity contribution in [1.82, 2.24) is 0 Å². The summed E-state index contributed by atoms with van der Waals surface area (Å²) in [5.74, 6) is -7.80. The molecule has 142 valence electrons. The van der Waals surface area contributed by atoms with Crippen LogP contribution in [0.4, 0.5) is 0 Å². The molecule has 0 aromatic heterocycles. The smallest absolute Gasteiger partial charge is 0.327 e. The van der Waals surface area contributed by atoms with Gasteiger partial charge in [0.2, 0.25) is 0 Å². The fourth-order valence-corrected chi connectivity index (χ4v) is 1.83. The van der Waals surface area contributed by atoms with Crippen LogP contribution >= 0.6 is 0 Å². The molecule has 0 radical (unpaired) electrons. The molecule has 0 heterocycles. The van der Waals surface area contributed by atoms with Crippen LogP contribution in [-0.4, -0.2) is 55.4 Å². The quantitative estimate of drug-likeness (QED) is 0.249. The Morgan fingerprint density at radius 2 is 1.00 bits per heavy atom. The van der Waals surface area contributed by atoms with E-state index < -0.39 is 54.5 Å². The molecular formula is C15H22O10. The molecule has 10 nitrogen and oxygen atoms in total. The third-order valence-electron chi connectivity index (χ3n) is 3.07. The van der Waals surface area contributed by atoms with Crippen molar-refractivity contribution < 1.29 is 49.5 Å². The van der Waals surface area contributed by atoms with Gasteiger partial charge in [-0.25, -0.2) is 4.79 Å². The maximum Gasteiger partial charge on any atom is 0.327 e. The topological polar surface area (TPSA) is 186 Å². The van der Waals surface area contributed by atoms with Gasteiger partial charge in [-0.1, -0.05) is 19.4 Å². The van der Waals surface area contributed by atoms with Gasteiger partial charge in [-0.2, -0.15) is 0 Å². The maximum atomic E-state index is 10.8. The number of hydrogen-bond acceptors (Lipinski definition) is 5. The molecule has 0 bridgehead atoms. The molecule has 2 unspecified atom stereocenters. The Morgan fingerprint density at radius 3 is 1.16 bits per heavy atom. The third kappa shape index (κ3) is 15.8. The molecule has 0 aliphatic carbocycles. The lowest BCUT2D eigenvalue weighted by molar-refractivity contribution is -0.149. The van der Waals surface area contributed by atoms with Gasteiger partial charge in [0.15, 0.2) is 0 Å².